The van der Waals surface area contributed by atoms with Crippen molar-refractivity contribution in [2.45, 2.75) is 6.10 Å². The zero-order valence-corrected chi connectivity index (χ0v) is 10.7. The molecule has 3 nitrogen and oxygen atoms in total. The molecule has 0 amide bonds. The number of hydrogen-bond donors (Lipinski definition) is 0. The maximum Gasteiger partial charge on any atom is 0.141 e. The normalized spacial score (nSPS) is 16.5. The van der Waals surface area contributed by atoms with Gasteiger partial charge in [0.15, 0.2) is 0 Å². The van der Waals surface area contributed by atoms with Gasteiger partial charge in [-0.3, -0.25) is 0 Å². The second-order valence-corrected chi connectivity index (χ2v) is 4.60. The Morgan fingerprint density at radius 1 is 1.20 bits per heavy atom. The molecular weight excluding hydrogens is 257 g/mol. The third-order valence-electron chi connectivity index (χ3n) is 3.12. The molecule has 0 aliphatic carbocycles. The minimum Gasteiger partial charge on any atom is -0.491 e. The summed E-state index contributed by atoms with van der Waals surface area (Å²) in [6.07, 6.45) is 0.224. The lowest BCUT2D eigenvalue weighted by atomic mass is 10.0. The summed E-state index contributed by atoms with van der Waals surface area (Å²) in [5, 5.41) is 8.71. The Labute approximate surface area is 116 Å². The molecule has 0 spiro atoms. The zero-order chi connectivity index (χ0) is 13.9. The molecule has 1 saturated heterocycles. The number of ether oxygens (including phenoxy) is 2. The summed E-state index contributed by atoms with van der Waals surface area (Å²) in [4.78, 5) is 0. The first-order valence-electron chi connectivity index (χ1n) is 6.31. The fraction of sp³-hybridized carbons (Fsp3) is 0.188. The van der Waals surface area contributed by atoms with Gasteiger partial charge in [0.05, 0.1) is 12.2 Å². The number of nitrogens with zero attached hydrogens (tertiary/aromatic N) is 1. The van der Waals surface area contributed by atoms with Gasteiger partial charge in [0.1, 0.15) is 30.3 Å². The van der Waals surface area contributed by atoms with Gasteiger partial charge in [0.2, 0.25) is 0 Å². The van der Waals surface area contributed by atoms with Gasteiger partial charge < -0.3 is 9.47 Å². The Morgan fingerprint density at radius 2 is 1.90 bits per heavy atom. The van der Waals surface area contributed by atoms with Gasteiger partial charge in [-0.05, 0) is 35.4 Å². The number of halogens is 1. The first kappa shape index (κ1) is 12.6. The van der Waals surface area contributed by atoms with Crippen LogP contribution in [-0.2, 0) is 4.74 Å². The largest absolute Gasteiger partial charge is 0.491 e. The summed E-state index contributed by atoms with van der Waals surface area (Å²) in [6, 6.07) is 13.8. The summed E-state index contributed by atoms with van der Waals surface area (Å²) in [7, 11) is 0. The number of hydrogen-bond acceptors (Lipinski definition) is 3. The summed E-state index contributed by atoms with van der Waals surface area (Å²) >= 11 is 0. The number of epoxide rings is 1. The molecule has 2 aromatic carbocycles. The van der Waals surface area contributed by atoms with Gasteiger partial charge in [0.25, 0.3) is 0 Å². The van der Waals surface area contributed by atoms with Crippen molar-refractivity contribution in [3.63, 3.8) is 0 Å². The highest BCUT2D eigenvalue weighted by molar-refractivity contribution is 5.65. The topological polar surface area (TPSA) is 45.5 Å². The van der Waals surface area contributed by atoms with Crippen LogP contribution in [0, 0.1) is 17.1 Å². The van der Waals surface area contributed by atoms with Crippen molar-refractivity contribution >= 4 is 0 Å². The lowest BCUT2D eigenvalue weighted by Gasteiger charge is -2.06. The highest BCUT2D eigenvalue weighted by Crippen LogP contribution is 2.24. The average molecular weight is 269 g/mol. The fourth-order valence-electron chi connectivity index (χ4n) is 1.88. The standard InChI is InChI=1S/C16H12FNO2/c17-16-7-12(1-2-13(16)8-18)11-3-5-14(6-4-11)19-9-15-10-20-15/h1-7,15H,9-10H2. The summed E-state index contributed by atoms with van der Waals surface area (Å²) in [5.41, 5.74) is 1.67. The molecule has 2 aromatic rings. The maximum atomic E-state index is 13.6. The van der Waals surface area contributed by atoms with Crippen molar-refractivity contribution in [1.82, 2.24) is 0 Å². The Kier molecular flexibility index (Phi) is 3.36. The van der Waals surface area contributed by atoms with Gasteiger partial charge in [0, 0.05) is 0 Å². The van der Waals surface area contributed by atoms with Crippen molar-refractivity contribution in [2.24, 2.45) is 0 Å². The van der Waals surface area contributed by atoms with Crippen molar-refractivity contribution < 1.29 is 13.9 Å². The van der Waals surface area contributed by atoms with Gasteiger partial charge in [-0.2, -0.15) is 5.26 Å². The van der Waals surface area contributed by atoms with Crippen molar-refractivity contribution in [1.29, 1.82) is 5.26 Å². The van der Waals surface area contributed by atoms with Crippen LogP contribution in [0.4, 0.5) is 4.39 Å². The molecular formula is C16H12FNO2. The van der Waals surface area contributed by atoms with E-state index in [0.717, 1.165) is 23.5 Å². The Hall–Kier alpha value is -2.38. The van der Waals surface area contributed by atoms with E-state index in [1.54, 1.807) is 6.07 Å². The Bertz CT molecular complexity index is 657. The maximum absolute atomic E-state index is 13.6. The predicted molar refractivity (Wildman–Crippen MR) is 71.8 cm³/mol. The van der Waals surface area contributed by atoms with Gasteiger partial charge >= 0.3 is 0 Å². The van der Waals surface area contributed by atoms with Crippen molar-refractivity contribution in [3.05, 3.63) is 53.8 Å². The molecule has 1 fully saturated rings. The van der Waals surface area contributed by atoms with Crippen LogP contribution < -0.4 is 4.74 Å². The Morgan fingerprint density at radius 3 is 2.50 bits per heavy atom. The fourth-order valence-corrected chi connectivity index (χ4v) is 1.88. The Balaban J connectivity index is 1.76. The van der Waals surface area contributed by atoms with E-state index in [0.29, 0.717) is 6.61 Å². The molecule has 1 atom stereocenters. The SMILES string of the molecule is N#Cc1ccc(-c2ccc(OCC3CO3)cc2)cc1F. The van der Waals surface area contributed by atoms with Crippen molar-refractivity contribution in [2.75, 3.05) is 13.2 Å². The smallest absolute Gasteiger partial charge is 0.141 e. The summed E-state index contributed by atoms with van der Waals surface area (Å²) in [6.45, 7) is 1.33. The lowest BCUT2D eigenvalue weighted by Crippen LogP contribution is -2.03. The van der Waals surface area contributed by atoms with E-state index in [-0.39, 0.29) is 11.7 Å². The van der Waals surface area contributed by atoms with Gasteiger partial charge in [-0.1, -0.05) is 18.2 Å². The first-order chi connectivity index (χ1) is 9.76. The van der Waals surface area contributed by atoms with E-state index in [4.69, 9.17) is 14.7 Å². The van der Waals surface area contributed by atoms with E-state index in [9.17, 15) is 4.39 Å². The van der Waals surface area contributed by atoms with Gasteiger partial charge in [-0.15, -0.1) is 0 Å². The molecule has 0 N–H and O–H groups in total. The molecule has 3 rings (SSSR count). The second-order valence-electron chi connectivity index (χ2n) is 4.60. The van der Waals surface area contributed by atoms with E-state index < -0.39 is 5.82 Å². The molecule has 1 aliphatic heterocycles. The zero-order valence-electron chi connectivity index (χ0n) is 10.7. The lowest BCUT2D eigenvalue weighted by molar-refractivity contribution is 0.263. The molecule has 20 heavy (non-hydrogen) atoms. The molecule has 1 aliphatic rings. The van der Waals surface area contributed by atoms with Crippen LogP contribution >= 0.6 is 0 Å². The minimum atomic E-state index is -0.504. The monoisotopic (exact) mass is 269 g/mol. The van der Waals surface area contributed by atoms with Crippen LogP contribution in [0.1, 0.15) is 5.56 Å². The van der Waals surface area contributed by atoms with E-state index in [1.807, 2.05) is 30.3 Å². The van der Waals surface area contributed by atoms with E-state index >= 15 is 0 Å². The highest BCUT2D eigenvalue weighted by Gasteiger charge is 2.22. The first-order valence-corrected chi connectivity index (χ1v) is 6.31. The van der Waals surface area contributed by atoms with Crippen LogP contribution in [0.25, 0.3) is 11.1 Å². The highest BCUT2D eigenvalue weighted by atomic mass is 19.1. The molecule has 1 heterocycles. The molecule has 100 valence electrons. The predicted octanol–water partition coefficient (Wildman–Crippen LogP) is 3.14. The number of nitriles is 1. The number of rotatable bonds is 4. The van der Waals surface area contributed by atoms with Crippen LogP contribution in [0.5, 0.6) is 5.75 Å². The molecule has 0 aromatic heterocycles. The minimum absolute atomic E-state index is 0.0538. The molecule has 1 unspecified atom stereocenters. The average Bonchev–Trinajstić information content (AvgIpc) is 3.30. The second kappa shape index (κ2) is 5.32. The summed E-state index contributed by atoms with van der Waals surface area (Å²) < 4.78 is 24.2. The van der Waals surface area contributed by atoms with Crippen LogP contribution in [0.3, 0.4) is 0 Å². The third kappa shape index (κ3) is 2.79. The van der Waals surface area contributed by atoms with Crippen molar-refractivity contribution in [3.8, 4) is 22.9 Å². The molecule has 4 heteroatoms. The molecule has 0 bridgehead atoms. The van der Waals surface area contributed by atoms with E-state index in [1.165, 1.54) is 12.1 Å². The third-order valence-corrected chi connectivity index (χ3v) is 3.12. The molecule has 0 radical (unpaired) electrons. The quantitative estimate of drug-likeness (QED) is 0.801. The van der Waals surface area contributed by atoms with Gasteiger partial charge in [-0.25, -0.2) is 4.39 Å². The van der Waals surface area contributed by atoms with E-state index in [2.05, 4.69) is 0 Å². The molecule has 0 saturated carbocycles. The number of benzene rings is 2. The summed E-state index contributed by atoms with van der Waals surface area (Å²) in [5.74, 6) is 0.259. The van der Waals surface area contributed by atoms with Crippen LogP contribution in [0.2, 0.25) is 0 Å². The van der Waals surface area contributed by atoms with Crippen LogP contribution in [-0.4, -0.2) is 19.3 Å². The van der Waals surface area contributed by atoms with Crippen LogP contribution in [0.15, 0.2) is 42.5 Å².